The van der Waals surface area contributed by atoms with Crippen LogP contribution in [0.1, 0.15) is 33.6 Å². The molecule has 1 N–H and O–H groups in total. The van der Waals surface area contributed by atoms with E-state index in [0.717, 1.165) is 18.0 Å². The summed E-state index contributed by atoms with van der Waals surface area (Å²) in [5.74, 6) is 0.751. The van der Waals surface area contributed by atoms with Gasteiger partial charge in [-0.25, -0.2) is 0 Å². The highest BCUT2D eigenvalue weighted by molar-refractivity contribution is 4.89. The maximum Gasteiger partial charge on any atom is 0.0218 e. The van der Waals surface area contributed by atoms with E-state index in [4.69, 9.17) is 0 Å². The topological polar surface area (TPSA) is 18.5 Å². The summed E-state index contributed by atoms with van der Waals surface area (Å²) in [6.45, 7) is 12.0. The molecule has 2 fully saturated rings. The molecule has 3 nitrogen and oxygen atoms in total. The summed E-state index contributed by atoms with van der Waals surface area (Å²) in [6, 6.07) is 2.27. The van der Waals surface area contributed by atoms with Gasteiger partial charge in [-0.15, -0.1) is 0 Å². The van der Waals surface area contributed by atoms with E-state index >= 15 is 0 Å². The van der Waals surface area contributed by atoms with Crippen molar-refractivity contribution < 1.29 is 0 Å². The Labute approximate surface area is 107 Å². The van der Waals surface area contributed by atoms with Gasteiger partial charge < -0.3 is 10.2 Å². The molecule has 0 radical (unpaired) electrons. The molecule has 0 aliphatic carbocycles. The summed E-state index contributed by atoms with van der Waals surface area (Å²) in [7, 11) is 2.26. The van der Waals surface area contributed by atoms with Crippen LogP contribution in [0.2, 0.25) is 0 Å². The Morgan fingerprint density at radius 1 is 1.24 bits per heavy atom. The molecule has 0 aromatic rings. The van der Waals surface area contributed by atoms with Gasteiger partial charge in [0.25, 0.3) is 0 Å². The van der Waals surface area contributed by atoms with Crippen LogP contribution in [0.5, 0.6) is 0 Å². The minimum atomic E-state index is 0.693. The first-order valence-electron chi connectivity index (χ1n) is 7.25. The van der Waals surface area contributed by atoms with E-state index in [9.17, 15) is 0 Å². The van der Waals surface area contributed by atoms with Crippen LogP contribution in [0.4, 0.5) is 0 Å². The van der Waals surface area contributed by atoms with Crippen molar-refractivity contribution in [3.05, 3.63) is 0 Å². The van der Waals surface area contributed by atoms with Crippen molar-refractivity contribution >= 4 is 0 Å². The standard InChI is InChI=1S/C14H29N3/c1-11(2)14-10-17(8-6-15-14)13-5-7-16(4)12(3)9-13/h11-15H,5-10H2,1-4H3. The molecule has 2 rings (SSSR count). The van der Waals surface area contributed by atoms with Crippen molar-refractivity contribution in [1.82, 2.24) is 15.1 Å². The number of rotatable bonds is 2. The van der Waals surface area contributed by atoms with Crippen LogP contribution in [0.15, 0.2) is 0 Å². The van der Waals surface area contributed by atoms with Gasteiger partial charge in [-0.2, -0.15) is 0 Å². The first-order valence-corrected chi connectivity index (χ1v) is 7.25. The maximum absolute atomic E-state index is 3.66. The fourth-order valence-electron chi connectivity index (χ4n) is 3.18. The minimum Gasteiger partial charge on any atom is -0.311 e. The van der Waals surface area contributed by atoms with Gasteiger partial charge in [-0.1, -0.05) is 13.8 Å². The van der Waals surface area contributed by atoms with Gasteiger partial charge >= 0.3 is 0 Å². The first-order chi connectivity index (χ1) is 8.08. The second-order valence-electron chi connectivity index (χ2n) is 6.31. The maximum atomic E-state index is 3.66. The lowest BCUT2D eigenvalue weighted by Crippen LogP contribution is -2.58. The Bertz CT molecular complexity index is 242. The van der Waals surface area contributed by atoms with Crippen LogP contribution < -0.4 is 5.32 Å². The van der Waals surface area contributed by atoms with Gasteiger partial charge in [0.15, 0.2) is 0 Å². The van der Waals surface area contributed by atoms with Crippen LogP contribution in [0.25, 0.3) is 0 Å². The predicted octanol–water partition coefficient (Wildman–Crippen LogP) is 1.40. The van der Waals surface area contributed by atoms with E-state index in [1.54, 1.807) is 0 Å². The Balaban J connectivity index is 1.89. The van der Waals surface area contributed by atoms with Gasteiger partial charge in [0.05, 0.1) is 0 Å². The SMILES string of the molecule is CC(C)C1CN(C2CCN(C)C(C)C2)CCN1. The van der Waals surface area contributed by atoms with E-state index in [1.807, 2.05) is 0 Å². The number of hydrogen-bond acceptors (Lipinski definition) is 3. The number of likely N-dealkylation sites (tertiary alicyclic amines) is 1. The van der Waals surface area contributed by atoms with Crippen molar-refractivity contribution in [3.8, 4) is 0 Å². The molecule has 100 valence electrons. The zero-order valence-electron chi connectivity index (χ0n) is 11.9. The molecular weight excluding hydrogens is 210 g/mol. The molecule has 17 heavy (non-hydrogen) atoms. The molecule has 2 heterocycles. The Morgan fingerprint density at radius 2 is 2.00 bits per heavy atom. The van der Waals surface area contributed by atoms with Gasteiger partial charge in [-0.05, 0) is 39.3 Å². The van der Waals surface area contributed by atoms with Crippen LogP contribution in [0.3, 0.4) is 0 Å². The molecule has 0 spiro atoms. The number of piperazine rings is 1. The van der Waals surface area contributed by atoms with Crippen molar-refractivity contribution in [2.45, 2.75) is 51.7 Å². The number of nitrogens with one attached hydrogen (secondary N) is 1. The molecule has 0 aromatic heterocycles. The van der Waals surface area contributed by atoms with E-state index in [-0.39, 0.29) is 0 Å². The number of piperidine rings is 1. The lowest BCUT2D eigenvalue weighted by atomic mass is 9.94. The second kappa shape index (κ2) is 5.68. The van der Waals surface area contributed by atoms with Crippen LogP contribution in [-0.2, 0) is 0 Å². The zero-order valence-corrected chi connectivity index (χ0v) is 11.9. The average Bonchev–Trinajstić information content (AvgIpc) is 2.33. The van der Waals surface area contributed by atoms with Crippen LogP contribution >= 0.6 is 0 Å². The summed E-state index contributed by atoms with van der Waals surface area (Å²) in [5.41, 5.74) is 0. The summed E-state index contributed by atoms with van der Waals surface area (Å²) >= 11 is 0. The highest BCUT2D eigenvalue weighted by atomic mass is 15.2. The molecular formula is C14H29N3. The summed E-state index contributed by atoms with van der Waals surface area (Å²) in [6.07, 6.45) is 2.70. The first kappa shape index (κ1) is 13.3. The van der Waals surface area contributed by atoms with Gasteiger partial charge in [0.1, 0.15) is 0 Å². The molecule has 2 saturated heterocycles. The summed E-state index contributed by atoms with van der Waals surface area (Å²) in [4.78, 5) is 5.24. The molecule has 0 bridgehead atoms. The van der Waals surface area contributed by atoms with Gasteiger partial charge in [0, 0.05) is 37.8 Å². The van der Waals surface area contributed by atoms with Crippen molar-refractivity contribution in [1.29, 1.82) is 0 Å². The second-order valence-corrected chi connectivity index (χ2v) is 6.31. The molecule has 2 aliphatic heterocycles. The molecule has 3 atom stereocenters. The third kappa shape index (κ3) is 3.21. The van der Waals surface area contributed by atoms with Crippen LogP contribution in [-0.4, -0.2) is 61.2 Å². The fourth-order valence-corrected chi connectivity index (χ4v) is 3.18. The summed E-state index contributed by atoms with van der Waals surface area (Å²) < 4.78 is 0. The predicted molar refractivity (Wildman–Crippen MR) is 73.3 cm³/mol. The van der Waals surface area contributed by atoms with E-state index in [1.165, 1.54) is 39.0 Å². The molecule has 3 unspecified atom stereocenters. The average molecular weight is 239 g/mol. The summed E-state index contributed by atoms with van der Waals surface area (Å²) in [5, 5.41) is 3.66. The minimum absolute atomic E-state index is 0.693. The van der Waals surface area contributed by atoms with Crippen molar-refractivity contribution in [3.63, 3.8) is 0 Å². The molecule has 0 amide bonds. The third-order valence-electron chi connectivity index (χ3n) is 4.74. The largest absolute Gasteiger partial charge is 0.311 e. The van der Waals surface area contributed by atoms with E-state index < -0.39 is 0 Å². The van der Waals surface area contributed by atoms with Crippen LogP contribution in [0, 0.1) is 5.92 Å². The number of hydrogen-bond donors (Lipinski definition) is 1. The third-order valence-corrected chi connectivity index (χ3v) is 4.74. The van der Waals surface area contributed by atoms with Gasteiger partial charge in [0.2, 0.25) is 0 Å². The monoisotopic (exact) mass is 239 g/mol. The zero-order chi connectivity index (χ0) is 12.4. The van der Waals surface area contributed by atoms with Crippen molar-refractivity contribution in [2.24, 2.45) is 5.92 Å². The quantitative estimate of drug-likeness (QED) is 0.786. The lowest BCUT2D eigenvalue weighted by Gasteiger charge is -2.45. The fraction of sp³-hybridized carbons (Fsp3) is 1.00. The normalized spacial score (nSPS) is 37.6. The van der Waals surface area contributed by atoms with Crippen molar-refractivity contribution in [2.75, 3.05) is 33.2 Å². The molecule has 3 heteroatoms. The van der Waals surface area contributed by atoms with Gasteiger partial charge in [-0.3, -0.25) is 4.90 Å². The Hall–Kier alpha value is -0.120. The van der Waals surface area contributed by atoms with E-state index in [0.29, 0.717) is 6.04 Å². The lowest BCUT2D eigenvalue weighted by molar-refractivity contribution is 0.0606. The Morgan fingerprint density at radius 3 is 2.65 bits per heavy atom. The number of nitrogens with zero attached hydrogens (tertiary/aromatic N) is 2. The highest BCUT2D eigenvalue weighted by Crippen LogP contribution is 2.22. The highest BCUT2D eigenvalue weighted by Gasteiger charge is 2.31. The van der Waals surface area contributed by atoms with E-state index in [2.05, 4.69) is 42.9 Å². The molecule has 2 aliphatic rings. The smallest absolute Gasteiger partial charge is 0.0218 e. The molecule has 0 aromatic carbocycles. The molecule has 0 saturated carbocycles. The Kier molecular flexibility index (Phi) is 4.45.